The molecule has 26 heavy (non-hydrogen) atoms. The first-order valence-electron chi connectivity index (χ1n) is 8.46. The van der Waals surface area contributed by atoms with E-state index in [0.29, 0.717) is 37.7 Å². The smallest absolute Gasteiger partial charge is 0.246 e. The fourth-order valence-corrected chi connectivity index (χ4v) is 2.33. The molecule has 6 nitrogen and oxygen atoms in total. The monoisotopic (exact) mass is 359 g/mol. The summed E-state index contributed by atoms with van der Waals surface area (Å²) in [5, 5.41) is 2.83. The maximum absolute atomic E-state index is 11.8. The average Bonchev–Trinajstić information content (AvgIpc) is 2.68. The van der Waals surface area contributed by atoms with Crippen LogP contribution in [0.2, 0.25) is 0 Å². The van der Waals surface area contributed by atoms with Gasteiger partial charge in [0.1, 0.15) is 19.0 Å². The molecule has 0 spiro atoms. The van der Waals surface area contributed by atoms with Gasteiger partial charge in [-0.15, -0.1) is 0 Å². The van der Waals surface area contributed by atoms with Gasteiger partial charge in [-0.25, -0.2) is 0 Å². The summed E-state index contributed by atoms with van der Waals surface area (Å²) in [6.07, 6.45) is 0.698. The Kier molecular flexibility index (Phi) is 8.29. The standard InChI is InChI=1S/C20H25NO5/c1-23-18-9-8-16(14-19(18)24-2)10-11-21-20(22)15-25-12-13-26-17-6-4-3-5-7-17/h3-9,14H,10-13,15H2,1-2H3,(H,21,22). The molecule has 0 unspecified atom stereocenters. The fourth-order valence-electron chi connectivity index (χ4n) is 2.33. The van der Waals surface area contributed by atoms with E-state index in [1.807, 2.05) is 48.5 Å². The van der Waals surface area contributed by atoms with Crippen LogP contribution in [0.15, 0.2) is 48.5 Å². The number of rotatable bonds is 11. The highest BCUT2D eigenvalue weighted by molar-refractivity contribution is 5.77. The summed E-state index contributed by atoms with van der Waals surface area (Å²) in [4.78, 5) is 11.8. The van der Waals surface area contributed by atoms with E-state index in [4.69, 9.17) is 18.9 Å². The van der Waals surface area contributed by atoms with E-state index in [1.54, 1.807) is 14.2 Å². The molecular weight excluding hydrogens is 334 g/mol. The predicted octanol–water partition coefficient (Wildman–Crippen LogP) is 2.46. The van der Waals surface area contributed by atoms with Gasteiger partial charge in [-0.05, 0) is 36.2 Å². The van der Waals surface area contributed by atoms with Crippen molar-refractivity contribution in [2.75, 3.05) is 40.6 Å². The number of ether oxygens (including phenoxy) is 4. The molecule has 140 valence electrons. The third-order valence-corrected chi connectivity index (χ3v) is 3.66. The molecule has 0 saturated heterocycles. The van der Waals surface area contributed by atoms with Gasteiger partial charge in [0, 0.05) is 6.54 Å². The van der Waals surface area contributed by atoms with Crippen LogP contribution in [0.3, 0.4) is 0 Å². The van der Waals surface area contributed by atoms with Crippen LogP contribution in [0, 0.1) is 0 Å². The molecule has 0 atom stereocenters. The summed E-state index contributed by atoms with van der Waals surface area (Å²) >= 11 is 0. The number of amides is 1. The number of carbonyl (C=O) groups excluding carboxylic acids is 1. The van der Waals surface area contributed by atoms with E-state index >= 15 is 0 Å². The third kappa shape index (κ3) is 6.64. The second-order valence-corrected chi connectivity index (χ2v) is 5.50. The molecule has 0 aliphatic heterocycles. The number of carbonyl (C=O) groups is 1. The van der Waals surface area contributed by atoms with Crippen LogP contribution >= 0.6 is 0 Å². The van der Waals surface area contributed by atoms with Gasteiger partial charge >= 0.3 is 0 Å². The summed E-state index contributed by atoms with van der Waals surface area (Å²) in [6.45, 7) is 1.31. The Balaban J connectivity index is 1.59. The molecule has 1 N–H and O–H groups in total. The van der Waals surface area contributed by atoms with Crippen LogP contribution in [-0.2, 0) is 16.0 Å². The number of benzene rings is 2. The molecule has 0 aliphatic rings. The Morgan fingerprint density at radius 1 is 0.962 bits per heavy atom. The maximum atomic E-state index is 11.8. The van der Waals surface area contributed by atoms with Gasteiger partial charge in [0.2, 0.25) is 5.91 Å². The minimum Gasteiger partial charge on any atom is -0.493 e. The summed E-state index contributed by atoms with van der Waals surface area (Å²) < 4.78 is 21.3. The second-order valence-electron chi connectivity index (χ2n) is 5.50. The van der Waals surface area contributed by atoms with Gasteiger partial charge in [-0.2, -0.15) is 0 Å². The van der Waals surface area contributed by atoms with Gasteiger partial charge < -0.3 is 24.3 Å². The summed E-state index contributed by atoms with van der Waals surface area (Å²) in [5.41, 5.74) is 1.06. The highest BCUT2D eigenvalue weighted by atomic mass is 16.5. The zero-order valence-corrected chi connectivity index (χ0v) is 15.2. The fraction of sp³-hybridized carbons (Fsp3) is 0.350. The maximum Gasteiger partial charge on any atom is 0.246 e. The first-order valence-corrected chi connectivity index (χ1v) is 8.46. The molecule has 2 aromatic rings. The Bertz CT molecular complexity index is 675. The van der Waals surface area contributed by atoms with Gasteiger partial charge in [-0.3, -0.25) is 4.79 Å². The number of methoxy groups -OCH3 is 2. The predicted molar refractivity (Wildman–Crippen MR) is 99.0 cm³/mol. The van der Waals surface area contributed by atoms with Crippen molar-refractivity contribution in [3.05, 3.63) is 54.1 Å². The van der Waals surface area contributed by atoms with E-state index in [2.05, 4.69) is 5.32 Å². The molecule has 2 aromatic carbocycles. The lowest BCUT2D eigenvalue weighted by atomic mass is 10.1. The van der Waals surface area contributed by atoms with Crippen LogP contribution in [0.1, 0.15) is 5.56 Å². The lowest BCUT2D eigenvalue weighted by Crippen LogP contribution is -2.30. The molecule has 0 aliphatic carbocycles. The van der Waals surface area contributed by atoms with Crippen molar-refractivity contribution in [2.24, 2.45) is 0 Å². The van der Waals surface area contributed by atoms with Crippen molar-refractivity contribution >= 4 is 5.91 Å². The molecule has 6 heteroatoms. The summed E-state index contributed by atoms with van der Waals surface area (Å²) in [7, 11) is 3.20. The van der Waals surface area contributed by atoms with E-state index < -0.39 is 0 Å². The molecular formula is C20H25NO5. The Labute approximate surface area is 154 Å². The lowest BCUT2D eigenvalue weighted by Gasteiger charge is -2.10. The van der Waals surface area contributed by atoms with E-state index in [0.717, 1.165) is 11.3 Å². The number of hydrogen-bond donors (Lipinski definition) is 1. The van der Waals surface area contributed by atoms with Crippen LogP contribution < -0.4 is 19.5 Å². The van der Waals surface area contributed by atoms with Crippen molar-refractivity contribution in [1.82, 2.24) is 5.32 Å². The largest absolute Gasteiger partial charge is 0.493 e. The quantitative estimate of drug-likeness (QED) is 0.625. The molecule has 0 aromatic heterocycles. The summed E-state index contributed by atoms with van der Waals surface area (Å²) in [5.74, 6) is 2.00. The Hall–Kier alpha value is -2.73. The van der Waals surface area contributed by atoms with Gasteiger partial charge in [0.25, 0.3) is 0 Å². The molecule has 0 heterocycles. The van der Waals surface area contributed by atoms with E-state index in [9.17, 15) is 4.79 Å². The van der Waals surface area contributed by atoms with E-state index in [1.165, 1.54) is 0 Å². The van der Waals surface area contributed by atoms with Gasteiger partial charge in [0.15, 0.2) is 11.5 Å². The normalized spacial score (nSPS) is 10.2. The van der Waals surface area contributed by atoms with Crippen LogP contribution in [0.25, 0.3) is 0 Å². The molecule has 1 amide bonds. The number of hydrogen-bond acceptors (Lipinski definition) is 5. The highest BCUT2D eigenvalue weighted by Crippen LogP contribution is 2.27. The zero-order valence-electron chi connectivity index (χ0n) is 15.2. The highest BCUT2D eigenvalue weighted by Gasteiger charge is 2.05. The molecule has 0 bridgehead atoms. The van der Waals surface area contributed by atoms with Gasteiger partial charge in [-0.1, -0.05) is 24.3 Å². The summed E-state index contributed by atoms with van der Waals surface area (Å²) in [6, 6.07) is 15.2. The zero-order chi connectivity index (χ0) is 18.6. The molecule has 0 fully saturated rings. The second kappa shape index (κ2) is 11.0. The number of nitrogens with one attached hydrogen (secondary N) is 1. The minimum absolute atomic E-state index is 0.0179. The topological polar surface area (TPSA) is 66.0 Å². The Morgan fingerprint density at radius 3 is 2.46 bits per heavy atom. The Morgan fingerprint density at radius 2 is 1.73 bits per heavy atom. The third-order valence-electron chi connectivity index (χ3n) is 3.66. The van der Waals surface area contributed by atoms with E-state index in [-0.39, 0.29) is 12.5 Å². The van der Waals surface area contributed by atoms with Crippen molar-refractivity contribution in [1.29, 1.82) is 0 Å². The number of para-hydroxylation sites is 1. The first-order chi connectivity index (χ1) is 12.7. The van der Waals surface area contributed by atoms with Crippen LogP contribution in [0.5, 0.6) is 17.2 Å². The molecule has 0 saturated carbocycles. The van der Waals surface area contributed by atoms with Crippen molar-refractivity contribution in [3.63, 3.8) is 0 Å². The van der Waals surface area contributed by atoms with Crippen LogP contribution in [0.4, 0.5) is 0 Å². The first kappa shape index (κ1) is 19.6. The van der Waals surface area contributed by atoms with Crippen LogP contribution in [-0.4, -0.2) is 46.5 Å². The lowest BCUT2D eigenvalue weighted by molar-refractivity contribution is -0.125. The molecule has 2 rings (SSSR count). The van der Waals surface area contributed by atoms with Crippen molar-refractivity contribution < 1.29 is 23.7 Å². The van der Waals surface area contributed by atoms with Gasteiger partial charge in [0.05, 0.1) is 20.8 Å². The average molecular weight is 359 g/mol. The molecule has 0 radical (unpaired) electrons. The van der Waals surface area contributed by atoms with Crippen molar-refractivity contribution in [2.45, 2.75) is 6.42 Å². The SMILES string of the molecule is COc1ccc(CCNC(=O)COCCOc2ccccc2)cc1OC. The minimum atomic E-state index is -0.148. The van der Waals surface area contributed by atoms with Crippen molar-refractivity contribution in [3.8, 4) is 17.2 Å².